The van der Waals surface area contributed by atoms with Crippen LogP contribution in [0.15, 0.2) is 18.2 Å². The lowest BCUT2D eigenvalue weighted by Gasteiger charge is -2.33. The number of nitrogens with one attached hydrogen (secondary N) is 1. The van der Waals surface area contributed by atoms with Crippen LogP contribution in [0.3, 0.4) is 0 Å². The minimum absolute atomic E-state index is 0.0122. The van der Waals surface area contributed by atoms with E-state index in [1.165, 1.54) is 18.2 Å². The summed E-state index contributed by atoms with van der Waals surface area (Å²) in [6.45, 7) is 11.5. The molecule has 0 unspecified atom stereocenters. The predicted octanol–water partition coefficient (Wildman–Crippen LogP) is 3.59. The number of hydrogen-bond acceptors (Lipinski definition) is 9. The minimum Gasteiger partial charge on any atom is -0.477 e. The summed E-state index contributed by atoms with van der Waals surface area (Å²) in [5.74, 6) is -2.60. The average molecular weight is 468 g/mol. The van der Waals surface area contributed by atoms with E-state index < -0.39 is 35.4 Å². The second-order valence-corrected chi connectivity index (χ2v) is 8.61. The Morgan fingerprint density at radius 2 is 1.48 bits per heavy atom. The number of carboxylic acid groups (broad SMARTS) is 1. The maximum atomic E-state index is 12.3. The summed E-state index contributed by atoms with van der Waals surface area (Å²) in [4.78, 5) is 48.2. The molecule has 1 aromatic rings. The van der Waals surface area contributed by atoms with Crippen LogP contribution in [0.4, 0.5) is 4.79 Å². The van der Waals surface area contributed by atoms with Gasteiger partial charge in [-0.2, -0.15) is 0 Å². The van der Waals surface area contributed by atoms with Gasteiger partial charge in [0.25, 0.3) is 5.72 Å². The van der Waals surface area contributed by atoms with Gasteiger partial charge in [-0.05, 0) is 52.3 Å². The van der Waals surface area contributed by atoms with Gasteiger partial charge in [0.05, 0.1) is 0 Å². The number of benzene rings is 1. The van der Waals surface area contributed by atoms with Crippen LogP contribution < -0.4 is 14.8 Å². The Morgan fingerprint density at radius 1 is 0.939 bits per heavy atom. The largest absolute Gasteiger partial charge is 0.511 e. The Kier molecular flexibility index (Phi) is 9.84. The quantitative estimate of drug-likeness (QED) is 0.298. The number of carbonyl (C=O) groups is 4. The van der Waals surface area contributed by atoms with E-state index in [1.54, 1.807) is 48.5 Å². The molecule has 2 N–H and O–H groups in total. The van der Waals surface area contributed by atoms with Crippen LogP contribution in [0.2, 0.25) is 0 Å². The van der Waals surface area contributed by atoms with Gasteiger partial charge in [0.2, 0.25) is 0 Å². The molecule has 0 bridgehead atoms. The lowest BCUT2D eigenvalue weighted by molar-refractivity contribution is -0.169. The van der Waals surface area contributed by atoms with Crippen LogP contribution in [0.1, 0.15) is 66.9 Å². The molecule has 0 saturated heterocycles. The summed E-state index contributed by atoms with van der Waals surface area (Å²) in [5.41, 5.74) is -2.74. The van der Waals surface area contributed by atoms with Crippen LogP contribution in [-0.4, -0.2) is 46.5 Å². The maximum absolute atomic E-state index is 12.3. The Hall–Kier alpha value is -3.14. The van der Waals surface area contributed by atoms with E-state index in [0.29, 0.717) is 5.56 Å². The fourth-order valence-corrected chi connectivity index (χ4v) is 2.68. The van der Waals surface area contributed by atoms with E-state index in [0.717, 1.165) is 0 Å². The lowest BCUT2D eigenvalue weighted by Crippen LogP contribution is -2.59. The molecule has 0 amide bonds. The van der Waals surface area contributed by atoms with E-state index >= 15 is 0 Å². The van der Waals surface area contributed by atoms with Gasteiger partial charge < -0.3 is 24.1 Å². The van der Waals surface area contributed by atoms with Crippen LogP contribution in [-0.2, 0) is 30.3 Å². The molecule has 10 nitrogen and oxygen atoms in total. The number of carboxylic acids is 1. The molecule has 0 heterocycles. The highest BCUT2D eigenvalue weighted by Crippen LogP contribution is 2.31. The molecule has 0 fully saturated rings. The number of ether oxygens (including phenoxy) is 4. The van der Waals surface area contributed by atoms with E-state index in [2.05, 4.69) is 5.32 Å². The number of aliphatic carboxylic acids is 1. The van der Waals surface area contributed by atoms with Crippen molar-refractivity contribution in [3.05, 3.63) is 23.8 Å². The normalized spacial score (nSPS) is 13.1. The third-order valence-corrected chi connectivity index (χ3v) is 4.00. The summed E-state index contributed by atoms with van der Waals surface area (Å²) in [6, 6.07) is 3.85. The summed E-state index contributed by atoms with van der Waals surface area (Å²) in [6.07, 6.45) is -1.32. The summed E-state index contributed by atoms with van der Waals surface area (Å²) >= 11 is 0. The van der Waals surface area contributed by atoms with Gasteiger partial charge >= 0.3 is 24.1 Å². The topological polar surface area (TPSA) is 137 Å². The molecule has 0 radical (unpaired) electrons. The Bertz CT molecular complexity index is 873. The molecule has 0 saturated carbocycles. The zero-order valence-corrected chi connectivity index (χ0v) is 20.1. The third-order valence-electron chi connectivity index (χ3n) is 4.00. The maximum Gasteiger partial charge on any atom is 0.511 e. The Morgan fingerprint density at radius 3 is 1.94 bits per heavy atom. The fourth-order valence-electron chi connectivity index (χ4n) is 2.68. The van der Waals surface area contributed by atoms with Gasteiger partial charge in [0.15, 0.2) is 11.5 Å². The van der Waals surface area contributed by atoms with Crippen molar-refractivity contribution in [2.45, 2.75) is 85.1 Å². The van der Waals surface area contributed by atoms with Crippen molar-refractivity contribution in [3.8, 4) is 11.5 Å². The standard InChI is InChI=1S/C23H33NO9/c1-8-18(25)30-16-11-10-15(12-17(16)31-19(26)9-2)13-23(20(27)28,24-14(3)4)33-21(29)32-22(5,6)7/h10-12,14,24H,8-9,13H2,1-7H3,(H,27,28)/t23-/m0/s1. The second-order valence-electron chi connectivity index (χ2n) is 8.61. The molecular weight excluding hydrogens is 434 g/mol. The Labute approximate surface area is 193 Å². The highest BCUT2D eigenvalue weighted by Gasteiger charge is 2.45. The van der Waals surface area contributed by atoms with Crippen molar-refractivity contribution in [2.24, 2.45) is 0 Å². The predicted molar refractivity (Wildman–Crippen MR) is 118 cm³/mol. The first kappa shape index (κ1) is 27.9. The third kappa shape index (κ3) is 9.09. The molecule has 33 heavy (non-hydrogen) atoms. The molecule has 184 valence electrons. The highest BCUT2D eigenvalue weighted by atomic mass is 16.8. The molecule has 0 aliphatic heterocycles. The second kappa shape index (κ2) is 11.6. The van der Waals surface area contributed by atoms with Crippen molar-refractivity contribution in [1.29, 1.82) is 0 Å². The molecule has 1 rings (SSSR count). The summed E-state index contributed by atoms with van der Waals surface area (Å²) < 4.78 is 20.9. The molecule has 0 spiro atoms. The number of hydrogen-bond donors (Lipinski definition) is 2. The van der Waals surface area contributed by atoms with Gasteiger partial charge in [0, 0.05) is 25.3 Å². The van der Waals surface area contributed by atoms with Crippen molar-refractivity contribution >= 4 is 24.1 Å². The summed E-state index contributed by atoms with van der Waals surface area (Å²) in [7, 11) is 0. The zero-order valence-electron chi connectivity index (χ0n) is 20.1. The van der Waals surface area contributed by atoms with Crippen molar-refractivity contribution < 1.29 is 43.2 Å². The molecule has 0 aliphatic rings. The van der Waals surface area contributed by atoms with E-state index in [9.17, 15) is 24.3 Å². The van der Waals surface area contributed by atoms with E-state index in [-0.39, 0.29) is 36.8 Å². The Balaban J connectivity index is 3.40. The van der Waals surface area contributed by atoms with Crippen molar-refractivity contribution in [2.75, 3.05) is 0 Å². The summed E-state index contributed by atoms with van der Waals surface area (Å²) in [5, 5.41) is 12.8. The molecule has 0 aromatic heterocycles. The van der Waals surface area contributed by atoms with Crippen molar-refractivity contribution in [1.82, 2.24) is 5.32 Å². The SMILES string of the molecule is CCC(=O)Oc1ccc(C[C@](NC(C)C)(OC(=O)OC(C)(C)C)C(=O)O)cc1OC(=O)CC. The highest BCUT2D eigenvalue weighted by molar-refractivity contribution is 5.81. The monoisotopic (exact) mass is 467 g/mol. The van der Waals surface area contributed by atoms with Gasteiger partial charge in [0.1, 0.15) is 5.60 Å². The zero-order chi connectivity index (χ0) is 25.4. The van der Waals surface area contributed by atoms with Crippen LogP contribution in [0.25, 0.3) is 0 Å². The first-order chi connectivity index (χ1) is 15.2. The van der Waals surface area contributed by atoms with E-state index in [1.807, 2.05) is 0 Å². The number of carbonyl (C=O) groups excluding carboxylic acids is 3. The van der Waals surface area contributed by atoms with Gasteiger partial charge in [-0.1, -0.05) is 19.9 Å². The molecule has 10 heteroatoms. The van der Waals surface area contributed by atoms with Crippen LogP contribution in [0, 0.1) is 0 Å². The first-order valence-electron chi connectivity index (χ1n) is 10.7. The molecule has 1 aromatic carbocycles. The first-order valence-corrected chi connectivity index (χ1v) is 10.7. The van der Waals surface area contributed by atoms with E-state index in [4.69, 9.17) is 18.9 Å². The van der Waals surface area contributed by atoms with Gasteiger partial charge in [-0.3, -0.25) is 14.9 Å². The van der Waals surface area contributed by atoms with Crippen LogP contribution in [0.5, 0.6) is 11.5 Å². The molecular formula is C23H33NO9. The molecule has 0 aliphatic carbocycles. The van der Waals surface area contributed by atoms with Gasteiger partial charge in [-0.15, -0.1) is 0 Å². The van der Waals surface area contributed by atoms with Gasteiger partial charge in [-0.25, -0.2) is 9.59 Å². The fraction of sp³-hybridized carbons (Fsp3) is 0.565. The lowest BCUT2D eigenvalue weighted by atomic mass is 10.0. The number of esters is 2. The average Bonchev–Trinajstić information content (AvgIpc) is 2.67. The minimum atomic E-state index is -2.18. The molecule has 1 atom stereocenters. The van der Waals surface area contributed by atoms with Crippen molar-refractivity contribution in [3.63, 3.8) is 0 Å². The smallest absolute Gasteiger partial charge is 0.477 e. The number of rotatable bonds is 10. The van der Waals surface area contributed by atoms with Crippen LogP contribution >= 0.6 is 0 Å².